The molecule has 138 valence electrons. The molecule has 2 N–H and O–H groups in total. The van der Waals surface area contributed by atoms with Crippen molar-refractivity contribution in [3.8, 4) is 5.69 Å². The maximum atomic E-state index is 13.2. The zero-order valence-corrected chi connectivity index (χ0v) is 15.0. The largest absolute Gasteiger partial charge is 0.382 e. The summed E-state index contributed by atoms with van der Waals surface area (Å²) in [5, 5.41) is 0. The van der Waals surface area contributed by atoms with E-state index in [9.17, 15) is 4.79 Å². The number of aromatic nitrogens is 7. The van der Waals surface area contributed by atoms with Crippen molar-refractivity contribution in [2.45, 2.75) is 13.5 Å². The van der Waals surface area contributed by atoms with Crippen molar-refractivity contribution in [2.24, 2.45) is 0 Å². The summed E-state index contributed by atoms with van der Waals surface area (Å²) in [5.74, 6) is 0.886. The van der Waals surface area contributed by atoms with E-state index in [0.29, 0.717) is 35.0 Å². The van der Waals surface area contributed by atoms with Crippen LogP contribution in [-0.2, 0) is 6.54 Å². The summed E-state index contributed by atoms with van der Waals surface area (Å²) in [6, 6.07) is 11.3. The molecule has 9 heteroatoms. The molecule has 0 aliphatic heterocycles. The third-order valence-corrected chi connectivity index (χ3v) is 4.72. The average molecular weight is 372 g/mol. The Hall–Kier alpha value is -4.01. The zero-order valence-electron chi connectivity index (χ0n) is 15.0. The summed E-state index contributed by atoms with van der Waals surface area (Å²) < 4.78 is 4.96. The Balaban J connectivity index is 1.76. The van der Waals surface area contributed by atoms with Crippen LogP contribution >= 0.6 is 0 Å². The summed E-state index contributed by atoms with van der Waals surface area (Å²) in [4.78, 5) is 30.5. The molecular formula is C19H16N8O. The van der Waals surface area contributed by atoms with Gasteiger partial charge in [-0.15, -0.1) is 0 Å². The predicted octanol–water partition coefficient (Wildman–Crippen LogP) is 1.56. The molecule has 0 aliphatic rings. The molecule has 1 aromatic carbocycles. The molecule has 5 aromatic rings. The highest BCUT2D eigenvalue weighted by atomic mass is 16.1. The van der Waals surface area contributed by atoms with Crippen LogP contribution in [0.25, 0.3) is 22.5 Å². The van der Waals surface area contributed by atoms with Gasteiger partial charge in [-0.05, 0) is 30.7 Å². The van der Waals surface area contributed by atoms with E-state index in [1.165, 1.54) is 10.7 Å². The molecule has 28 heavy (non-hydrogen) atoms. The molecule has 0 amide bonds. The number of fused-ring (bicyclic) bond motifs is 2. The van der Waals surface area contributed by atoms with Crippen LogP contribution in [0.4, 0.5) is 5.82 Å². The number of nitrogens with two attached hydrogens (primary N) is 1. The lowest BCUT2D eigenvalue weighted by atomic mass is 10.2. The Morgan fingerprint density at radius 1 is 1.07 bits per heavy atom. The lowest BCUT2D eigenvalue weighted by Gasteiger charge is -2.15. The van der Waals surface area contributed by atoms with Gasteiger partial charge in [-0.1, -0.05) is 18.2 Å². The highest BCUT2D eigenvalue weighted by Crippen LogP contribution is 2.18. The van der Waals surface area contributed by atoms with Gasteiger partial charge in [0, 0.05) is 6.20 Å². The number of rotatable bonds is 3. The van der Waals surface area contributed by atoms with Crippen LogP contribution in [0, 0.1) is 6.92 Å². The van der Waals surface area contributed by atoms with Crippen LogP contribution in [-0.4, -0.2) is 33.5 Å². The lowest BCUT2D eigenvalue weighted by Crippen LogP contribution is -2.30. The molecule has 0 unspecified atom stereocenters. The minimum Gasteiger partial charge on any atom is -0.382 e. The normalized spacial score (nSPS) is 11.5. The predicted molar refractivity (Wildman–Crippen MR) is 104 cm³/mol. The van der Waals surface area contributed by atoms with Gasteiger partial charge in [0.15, 0.2) is 11.5 Å². The quantitative estimate of drug-likeness (QED) is 0.515. The number of aryl methyl sites for hydroxylation is 1. The van der Waals surface area contributed by atoms with Crippen LogP contribution in [0.15, 0.2) is 60.0 Å². The van der Waals surface area contributed by atoms with Crippen molar-refractivity contribution in [3.63, 3.8) is 0 Å². The van der Waals surface area contributed by atoms with Crippen molar-refractivity contribution in [3.05, 3.63) is 77.1 Å². The second-order valence-corrected chi connectivity index (χ2v) is 6.47. The van der Waals surface area contributed by atoms with Crippen LogP contribution in [0.2, 0.25) is 0 Å². The summed E-state index contributed by atoms with van der Waals surface area (Å²) in [5.41, 5.74) is 9.16. The van der Waals surface area contributed by atoms with Gasteiger partial charge in [0.2, 0.25) is 0 Å². The molecule has 0 atom stereocenters. The number of imidazole rings is 1. The van der Waals surface area contributed by atoms with Crippen LogP contribution in [0.1, 0.15) is 11.4 Å². The minimum absolute atomic E-state index is 0.183. The molecule has 0 saturated carbocycles. The SMILES string of the molecule is Cc1ccccc1-n1c(Cn2cnc3c(N)ncnc32)nc2cccn2c1=O. The van der Waals surface area contributed by atoms with E-state index in [1.807, 2.05) is 35.8 Å². The van der Waals surface area contributed by atoms with E-state index in [-0.39, 0.29) is 5.69 Å². The number of nitrogen functional groups attached to an aromatic ring is 1. The molecule has 5 rings (SSSR count). The van der Waals surface area contributed by atoms with Crippen LogP contribution in [0.5, 0.6) is 0 Å². The molecule has 0 aliphatic carbocycles. The number of hydrogen-bond acceptors (Lipinski definition) is 6. The summed E-state index contributed by atoms with van der Waals surface area (Å²) >= 11 is 0. The number of para-hydroxylation sites is 1. The Morgan fingerprint density at radius 2 is 1.93 bits per heavy atom. The van der Waals surface area contributed by atoms with Gasteiger partial charge in [-0.2, -0.15) is 0 Å². The molecule has 4 heterocycles. The van der Waals surface area contributed by atoms with E-state index in [4.69, 9.17) is 10.7 Å². The zero-order chi connectivity index (χ0) is 19.3. The van der Waals surface area contributed by atoms with Gasteiger partial charge in [0.05, 0.1) is 18.6 Å². The number of anilines is 1. The van der Waals surface area contributed by atoms with Gasteiger partial charge in [0.25, 0.3) is 0 Å². The number of nitrogens with zero attached hydrogens (tertiary/aromatic N) is 7. The molecule has 0 spiro atoms. The van der Waals surface area contributed by atoms with Gasteiger partial charge < -0.3 is 10.3 Å². The minimum atomic E-state index is -0.183. The first-order chi connectivity index (χ1) is 13.6. The fourth-order valence-electron chi connectivity index (χ4n) is 3.35. The van der Waals surface area contributed by atoms with E-state index in [2.05, 4.69) is 15.0 Å². The molecule has 4 aromatic heterocycles. The highest BCUT2D eigenvalue weighted by molar-refractivity contribution is 5.81. The van der Waals surface area contributed by atoms with Gasteiger partial charge in [0.1, 0.15) is 23.3 Å². The Labute approximate surface area is 158 Å². The van der Waals surface area contributed by atoms with Gasteiger partial charge >= 0.3 is 5.69 Å². The Morgan fingerprint density at radius 3 is 2.79 bits per heavy atom. The fourth-order valence-corrected chi connectivity index (χ4v) is 3.35. The van der Waals surface area contributed by atoms with Gasteiger partial charge in [-0.25, -0.2) is 29.3 Å². The number of hydrogen-bond donors (Lipinski definition) is 1. The molecule has 0 radical (unpaired) electrons. The Kier molecular flexibility index (Phi) is 3.48. The molecular weight excluding hydrogens is 356 g/mol. The second kappa shape index (κ2) is 6.02. The first-order valence-corrected chi connectivity index (χ1v) is 8.70. The van der Waals surface area contributed by atoms with E-state index in [0.717, 1.165) is 11.3 Å². The standard InChI is InChI=1S/C19H16N8O/c1-12-5-2-3-6-13(12)27-15(24-14-7-4-8-26(14)19(27)28)9-25-11-23-16-17(20)21-10-22-18(16)25/h2-8,10-11H,9H2,1H3,(H2,20,21,22). The smallest absolute Gasteiger partial charge is 0.339 e. The van der Waals surface area contributed by atoms with Crippen molar-refractivity contribution in [1.29, 1.82) is 0 Å². The van der Waals surface area contributed by atoms with Crippen molar-refractivity contribution in [2.75, 3.05) is 5.73 Å². The number of benzene rings is 1. The molecule has 0 bridgehead atoms. The van der Waals surface area contributed by atoms with E-state index in [1.54, 1.807) is 29.2 Å². The molecule has 9 nitrogen and oxygen atoms in total. The first-order valence-electron chi connectivity index (χ1n) is 8.70. The summed E-state index contributed by atoms with van der Waals surface area (Å²) in [6.45, 7) is 2.27. The molecule has 0 saturated heterocycles. The first kappa shape index (κ1) is 16.2. The average Bonchev–Trinajstić information content (AvgIpc) is 3.32. The highest BCUT2D eigenvalue weighted by Gasteiger charge is 2.16. The summed E-state index contributed by atoms with van der Waals surface area (Å²) in [7, 11) is 0. The third kappa shape index (κ3) is 2.37. The van der Waals surface area contributed by atoms with Gasteiger partial charge in [-0.3, -0.25) is 4.40 Å². The topological polar surface area (TPSA) is 109 Å². The fraction of sp³-hybridized carbons (Fsp3) is 0.105. The monoisotopic (exact) mass is 372 g/mol. The molecule has 0 fully saturated rings. The Bertz CT molecular complexity index is 1390. The maximum absolute atomic E-state index is 13.2. The second-order valence-electron chi connectivity index (χ2n) is 6.47. The lowest BCUT2D eigenvalue weighted by molar-refractivity contribution is 0.688. The van der Waals surface area contributed by atoms with E-state index < -0.39 is 0 Å². The third-order valence-electron chi connectivity index (χ3n) is 4.72. The van der Waals surface area contributed by atoms with E-state index >= 15 is 0 Å². The van der Waals surface area contributed by atoms with Crippen molar-refractivity contribution >= 4 is 22.6 Å². The summed E-state index contributed by atoms with van der Waals surface area (Å²) in [6.07, 6.45) is 4.74. The van der Waals surface area contributed by atoms with Crippen LogP contribution < -0.4 is 11.4 Å². The maximum Gasteiger partial charge on any atom is 0.339 e. The van der Waals surface area contributed by atoms with Crippen molar-refractivity contribution in [1.82, 2.24) is 33.5 Å². The van der Waals surface area contributed by atoms with Crippen LogP contribution in [0.3, 0.4) is 0 Å². The van der Waals surface area contributed by atoms with Crippen molar-refractivity contribution < 1.29 is 0 Å².